The van der Waals surface area contributed by atoms with Crippen LogP contribution in [-0.2, 0) is 19.1 Å². The first-order valence-electron chi connectivity index (χ1n) is 3.44. The summed E-state index contributed by atoms with van der Waals surface area (Å²) in [7, 11) is 0. The Morgan fingerprint density at radius 1 is 1.42 bits per heavy atom. The molecule has 0 aliphatic rings. The molecule has 0 saturated carbocycles. The SMILES string of the molecule is CCOC(=O)C(=O)[C@H](C)C(=O)O. The molecule has 0 bridgehead atoms. The monoisotopic (exact) mass is 174 g/mol. The molecular weight excluding hydrogens is 164 g/mol. The molecule has 0 spiro atoms. The van der Waals surface area contributed by atoms with Gasteiger partial charge in [0.05, 0.1) is 6.61 Å². The van der Waals surface area contributed by atoms with E-state index in [1.54, 1.807) is 0 Å². The number of esters is 1. The van der Waals surface area contributed by atoms with Crippen LogP contribution in [0.5, 0.6) is 0 Å². The molecule has 0 aromatic heterocycles. The maximum absolute atomic E-state index is 10.8. The standard InChI is InChI=1S/C7H10O5/c1-3-12-7(11)5(8)4(2)6(9)10/h4H,3H2,1-2H3,(H,9,10)/t4-/m0/s1. The molecular formula is C7H10O5. The summed E-state index contributed by atoms with van der Waals surface area (Å²) in [6.45, 7) is 2.75. The van der Waals surface area contributed by atoms with Crippen molar-refractivity contribution in [1.29, 1.82) is 0 Å². The Bertz CT molecular complexity index is 208. The highest BCUT2D eigenvalue weighted by Gasteiger charge is 2.27. The maximum atomic E-state index is 10.8. The van der Waals surface area contributed by atoms with Crippen LogP contribution in [0.15, 0.2) is 0 Å². The second kappa shape index (κ2) is 4.48. The van der Waals surface area contributed by atoms with Gasteiger partial charge in [0.1, 0.15) is 5.92 Å². The molecule has 0 aromatic carbocycles. The van der Waals surface area contributed by atoms with Gasteiger partial charge in [0.15, 0.2) is 0 Å². The van der Waals surface area contributed by atoms with Gasteiger partial charge in [0.2, 0.25) is 0 Å². The van der Waals surface area contributed by atoms with Crippen LogP contribution in [0.3, 0.4) is 0 Å². The smallest absolute Gasteiger partial charge is 0.375 e. The molecule has 0 heterocycles. The number of ether oxygens (including phenoxy) is 1. The van der Waals surface area contributed by atoms with Crippen molar-refractivity contribution >= 4 is 17.7 Å². The van der Waals surface area contributed by atoms with E-state index in [0.29, 0.717) is 0 Å². The van der Waals surface area contributed by atoms with Crippen LogP contribution in [0.2, 0.25) is 0 Å². The largest absolute Gasteiger partial charge is 0.481 e. The summed E-state index contributed by atoms with van der Waals surface area (Å²) in [5.74, 6) is -4.77. The molecule has 5 heteroatoms. The molecule has 0 aromatic rings. The van der Waals surface area contributed by atoms with Crippen molar-refractivity contribution < 1.29 is 24.2 Å². The molecule has 0 rings (SSSR count). The number of hydrogen-bond acceptors (Lipinski definition) is 4. The number of carboxylic acids is 1. The van der Waals surface area contributed by atoms with Crippen molar-refractivity contribution in [2.24, 2.45) is 5.92 Å². The zero-order chi connectivity index (χ0) is 9.72. The molecule has 1 atom stereocenters. The molecule has 5 nitrogen and oxygen atoms in total. The van der Waals surface area contributed by atoms with Crippen LogP contribution in [0, 0.1) is 5.92 Å². The van der Waals surface area contributed by atoms with Crippen LogP contribution >= 0.6 is 0 Å². The number of ketones is 1. The van der Waals surface area contributed by atoms with Crippen LogP contribution in [0.4, 0.5) is 0 Å². The number of carbonyl (C=O) groups excluding carboxylic acids is 2. The highest BCUT2D eigenvalue weighted by Crippen LogP contribution is 1.98. The number of carbonyl (C=O) groups is 3. The summed E-state index contributed by atoms with van der Waals surface area (Å²) in [6, 6.07) is 0. The maximum Gasteiger partial charge on any atom is 0.375 e. The lowest BCUT2D eigenvalue weighted by Gasteiger charge is -2.03. The average Bonchev–Trinajstić information content (AvgIpc) is 2.02. The van der Waals surface area contributed by atoms with Crippen molar-refractivity contribution in [2.75, 3.05) is 6.61 Å². The number of carboxylic acid groups (broad SMARTS) is 1. The van der Waals surface area contributed by atoms with Crippen molar-refractivity contribution in [2.45, 2.75) is 13.8 Å². The molecule has 0 fully saturated rings. The van der Waals surface area contributed by atoms with E-state index in [0.717, 1.165) is 6.92 Å². The Balaban J connectivity index is 4.19. The summed E-state index contributed by atoms with van der Waals surface area (Å²) in [5.41, 5.74) is 0. The van der Waals surface area contributed by atoms with Gasteiger partial charge in [-0.2, -0.15) is 0 Å². The van der Waals surface area contributed by atoms with Gasteiger partial charge in [-0.3, -0.25) is 9.59 Å². The van der Waals surface area contributed by atoms with E-state index >= 15 is 0 Å². The Labute approximate surface area is 69.3 Å². The van der Waals surface area contributed by atoms with Gasteiger partial charge in [-0.1, -0.05) is 0 Å². The van der Waals surface area contributed by atoms with E-state index in [4.69, 9.17) is 5.11 Å². The molecule has 0 amide bonds. The van der Waals surface area contributed by atoms with Gasteiger partial charge < -0.3 is 9.84 Å². The predicted octanol–water partition coefficient (Wildman–Crippen LogP) is -0.161. The first-order chi connectivity index (χ1) is 5.50. The van der Waals surface area contributed by atoms with Gasteiger partial charge in [-0.15, -0.1) is 0 Å². The minimum atomic E-state index is -1.33. The van der Waals surface area contributed by atoms with E-state index in [1.165, 1.54) is 6.92 Å². The van der Waals surface area contributed by atoms with E-state index in [9.17, 15) is 14.4 Å². The zero-order valence-electron chi connectivity index (χ0n) is 6.86. The third kappa shape index (κ3) is 2.69. The van der Waals surface area contributed by atoms with Crippen molar-refractivity contribution in [3.8, 4) is 0 Å². The van der Waals surface area contributed by atoms with E-state index in [2.05, 4.69) is 4.74 Å². The lowest BCUT2D eigenvalue weighted by Crippen LogP contribution is -2.29. The topological polar surface area (TPSA) is 80.7 Å². The fraction of sp³-hybridized carbons (Fsp3) is 0.571. The molecule has 0 saturated heterocycles. The number of Topliss-reactive ketones (excluding diaryl/α,β-unsaturated/α-hetero) is 1. The van der Waals surface area contributed by atoms with Gasteiger partial charge in [0, 0.05) is 0 Å². The number of hydrogen-bond donors (Lipinski definition) is 1. The second-order valence-electron chi connectivity index (χ2n) is 2.14. The van der Waals surface area contributed by atoms with Crippen LogP contribution < -0.4 is 0 Å². The quantitative estimate of drug-likeness (QED) is 0.364. The minimum absolute atomic E-state index is 0.0664. The fourth-order valence-corrected chi connectivity index (χ4v) is 0.491. The summed E-state index contributed by atoms with van der Waals surface area (Å²) in [4.78, 5) is 31.7. The van der Waals surface area contributed by atoms with Crippen LogP contribution in [-0.4, -0.2) is 29.4 Å². The first-order valence-corrected chi connectivity index (χ1v) is 3.44. The van der Waals surface area contributed by atoms with Crippen molar-refractivity contribution in [3.05, 3.63) is 0 Å². The molecule has 68 valence electrons. The number of rotatable bonds is 4. The van der Waals surface area contributed by atoms with Gasteiger partial charge in [-0.05, 0) is 13.8 Å². The average molecular weight is 174 g/mol. The van der Waals surface area contributed by atoms with E-state index in [1.807, 2.05) is 0 Å². The Morgan fingerprint density at radius 3 is 2.25 bits per heavy atom. The normalized spacial score (nSPS) is 11.8. The van der Waals surface area contributed by atoms with Crippen molar-refractivity contribution in [1.82, 2.24) is 0 Å². The van der Waals surface area contributed by atoms with Gasteiger partial charge in [0.25, 0.3) is 5.78 Å². The summed E-state index contributed by atoms with van der Waals surface area (Å²) >= 11 is 0. The van der Waals surface area contributed by atoms with Gasteiger partial charge >= 0.3 is 11.9 Å². The lowest BCUT2D eigenvalue weighted by atomic mass is 10.1. The molecule has 12 heavy (non-hydrogen) atoms. The minimum Gasteiger partial charge on any atom is -0.481 e. The highest BCUT2D eigenvalue weighted by molar-refractivity contribution is 6.37. The molecule has 0 unspecified atom stereocenters. The Hall–Kier alpha value is -1.39. The van der Waals surface area contributed by atoms with Crippen LogP contribution in [0.25, 0.3) is 0 Å². The second-order valence-corrected chi connectivity index (χ2v) is 2.14. The molecule has 0 radical (unpaired) electrons. The Kier molecular flexibility index (Phi) is 3.96. The van der Waals surface area contributed by atoms with Crippen molar-refractivity contribution in [3.63, 3.8) is 0 Å². The third-order valence-electron chi connectivity index (χ3n) is 1.24. The Morgan fingerprint density at radius 2 is 1.92 bits per heavy atom. The van der Waals surface area contributed by atoms with Crippen LogP contribution in [0.1, 0.15) is 13.8 Å². The first kappa shape index (κ1) is 10.6. The number of aliphatic carboxylic acids is 1. The van der Waals surface area contributed by atoms with Gasteiger partial charge in [-0.25, -0.2) is 4.79 Å². The predicted molar refractivity (Wildman–Crippen MR) is 38.4 cm³/mol. The molecule has 0 aliphatic heterocycles. The summed E-state index contributed by atoms with van der Waals surface area (Å²) < 4.78 is 4.32. The molecule has 0 aliphatic carbocycles. The lowest BCUT2D eigenvalue weighted by molar-refractivity contribution is -0.159. The third-order valence-corrected chi connectivity index (χ3v) is 1.24. The summed E-state index contributed by atoms with van der Waals surface area (Å²) in [6.07, 6.45) is 0. The highest BCUT2D eigenvalue weighted by atomic mass is 16.5. The molecule has 1 N–H and O–H groups in total. The summed E-state index contributed by atoms with van der Waals surface area (Å²) in [5, 5.41) is 8.34. The zero-order valence-corrected chi connectivity index (χ0v) is 6.86. The fourth-order valence-electron chi connectivity index (χ4n) is 0.491. The van der Waals surface area contributed by atoms with E-state index in [-0.39, 0.29) is 6.61 Å². The van der Waals surface area contributed by atoms with E-state index < -0.39 is 23.6 Å².